The second-order valence-corrected chi connectivity index (χ2v) is 3.88. The maximum absolute atomic E-state index is 10.7. The molecule has 0 aliphatic carbocycles. The first-order valence-electron chi connectivity index (χ1n) is 6.01. The first-order valence-corrected chi connectivity index (χ1v) is 6.01. The van der Waals surface area contributed by atoms with Gasteiger partial charge in [0, 0.05) is 18.7 Å². The summed E-state index contributed by atoms with van der Waals surface area (Å²) in [6.45, 7) is 6.91. The summed E-state index contributed by atoms with van der Waals surface area (Å²) in [6.07, 6.45) is 1.50. The summed E-state index contributed by atoms with van der Waals surface area (Å²) in [7, 11) is 0. The Morgan fingerprint density at radius 1 is 1.50 bits per heavy atom. The third-order valence-corrected chi connectivity index (χ3v) is 2.56. The Kier molecular flexibility index (Phi) is 5.35. The van der Waals surface area contributed by atoms with Crippen molar-refractivity contribution in [2.24, 2.45) is 0 Å². The normalized spacial score (nSPS) is 11.9. The number of anilines is 1. The van der Waals surface area contributed by atoms with Gasteiger partial charge in [0.1, 0.15) is 12.1 Å². The van der Waals surface area contributed by atoms with Crippen molar-refractivity contribution in [3.8, 4) is 5.88 Å². The minimum atomic E-state index is -0.819. The molecule has 1 heterocycles. The van der Waals surface area contributed by atoms with E-state index in [4.69, 9.17) is 9.84 Å². The Morgan fingerprint density at radius 2 is 2.22 bits per heavy atom. The average molecular weight is 253 g/mol. The SMILES string of the molecule is CCOc1cc(N(CC)C(C)CC(=O)O)ncn1. The summed E-state index contributed by atoms with van der Waals surface area (Å²) >= 11 is 0. The van der Waals surface area contributed by atoms with E-state index < -0.39 is 5.97 Å². The predicted molar refractivity (Wildman–Crippen MR) is 67.9 cm³/mol. The molecule has 0 aliphatic heterocycles. The lowest BCUT2D eigenvalue weighted by molar-refractivity contribution is -0.137. The molecule has 6 nitrogen and oxygen atoms in total. The molecular weight excluding hydrogens is 234 g/mol. The van der Waals surface area contributed by atoms with E-state index in [1.807, 2.05) is 25.7 Å². The number of carbonyl (C=O) groups is 1. The van der Waals surface area contributed by atoms with Gasteiger partial charge in [-0.15, -0.1) is 0 Å². The van der Waals surface area contributed by atoms with Gasteiger partial charge < -0.3 is 14.7 Å². The van der Waals surface area contributed by atoms with Crippen molar-refractivity contribution in [3.63, 3.8) is 0 Å². The summed E-state index contributed by atoms with van der Waals surface area (Å²) in [5.41, 5.74) is 0. The van der Waals surface area contributed by atoms with Crippen molar-refractivity contribution in [2.75, 3.05) is 18.1 Å². The number of nitrogens with zero attached hydrogens (tertiary/aromatic N) is 3. The van der Waals surface area contributed by atoms with Crippen LogP contribution in [0.4, 0.5) is 5.82 Å². The molecule has 0 saturated carbocycles. The largest absolute Gasteiger partial charge is 0.481 e. The highest BCUT2D eigenvalue weighted by Gasteiger charge is 2.17. The lowest BCUT2D eigenvalue weighted by Crippen LogP contribution is -2.35. The smallest absolute Gasteiger partial charge is 0.305 e. The summed E-state index contributed by atoms with van der Waals surface area (Å²) in [6, 6.07) is 1.60. The number of ether oxygens (including phenoxy) is 1. The van der Waals surface area contributed by atoms with E-state index in [-0.39, 0.29) is 12.5 Å². The van der Waals surface area contributed by atoms with Crippen molar-refractivity contribution in [1.29, 1.82) is 0 Å². The number of carboxylic acids is 1. The molecule has 1 atom stereocenters. The van der Waals surface area contributed by atoms with Crippen molar-refractivity contribution < 1.29 is 14.6 Å². The van der Waals surface area contributed by atoms with E-state index in [1.165, 1.54) is 6.33 Å². The van der Waals surface area contributed by atoms with Crippen LogP contribution in [0.1, 0.15) is 27.2 Å². The Bertz CT molecular complexity index is 398. The molecule has 0 aliphatic rings. The summed E-state index contributed by atoms with van der Waals surface area (Å²) in [5.74, 6) is 0.369. The van der Waals surface area contributed by atoms with E-state index in [2.05, 4.69) is 9.97 Å². The summed E-state index contributed by atoms with van der Waals surface area (Å²) in [4.78, 5) is 20.8. The van der Waals surface area contributed by atoms with Crippen molar-refractivity contribution in [2.45, 2.75) is 33.2 Å². The Hall–Kier alpha value is -1.85. The van der Waals surface area contributed by atoms with Crippen LogP contribution in [0.3, 0.4) is 0 Å². The first kappa shape index (κ1) is 14.2. The molecule has 0 amide bonds. The van der Waals surface area contributed by atoms with Crippen LogP contribution >= 0.6 is 0 Å². The molecule has 1 aromatic heterocycles. The average Bonchev–Trinajstić information content (AvgIpc) is 2.30. The third-order valence-electron chi connectivity index (χ3n) is 2.56. The predicted octanol–water partition coefficient (Wildman–Crippen LogP) is 1.56. The zero-order valence-corrected chi connectivity index (χ0v) is 11.0. The third kappa shape index (κ3) is 3.87. The van der Waals surface area contributed by atoms with Crippen LogP contribution < -0.4 is 9.64 Å². The maximum atomic E-state index is 10.7. The van der Waals surface area contributed by atoms with Gasteiger partial charge in [-0.1, -0.05) is 0 Å². The molecule has 0 saturated heterocycles. The molecule has 0 aromatic carbocycles. The molecule has 0 spiro atoms. The molecule has 1 rings (SSSR count). The van der Waals surface area contributed by atoms with E-state index in [0.717, 1.165) is 0 Å². The molecule has 1 aromatic rings. The van der Waals surface area contributed by atoms with Gasteiger partial charge in [-0.2, -0.15) is 0 Å². The Balaban J connectivity index is 2.86. The van der Waals surface area contributed by atoms with Gasteiger partial charge in [-0.05, 0) is 20.8 Å². The van der Waals surface area contributed by atoms with Gasteiger partial charge in [0.2, 0.25) is 5.88 Å². The highest BCUT2D eigenvalue weighted by molar-refractivity contribution is 5.68. The number of rotatable bonds is 7. The van der Waals surface area contributed by atoms with Gasteiger partial charge in [0.25, 0.3) is 0 Å². The van der Waals surface area contributed by atoms with Crippen LogP contribution in [0.5, 0.6) is 5.88 Å². The molecule has 18 heavy (non-hydrogen) atoms. The number of hydrogen-bond acceptors (Lipinski definition) is 5. The van der Waals surface area contributed by atoms with Crippen LogP contribution in [0.25, 0.3) is 0 Å². The van der Waals surface area contributed by atoms with Gasteiger partial charge in [-0.3, -0.25) is 4.79 Å². The molecule has 0 fully saturated rings. The van der Waals surface area contributed by atoms with E-state index in [1.54, 1.807) is 6.07 Å². The lowest BCUT2D eigenvalue weighted by Gasteiger charge is -2.28. The lowest BCUT2D eigenvalue weighted by atomic mass is 10.2. The highest BCUT2D eigenvalue weighted by atomic mass is 16.5. The monoisotopic (exact) mass is 253 g/mol. The van der Waals surface area contributed by atoms with E-state index in [0.29, 0.717) is 24.8 Å². The van der Waals surface area contributed by atoms with Gasteiger partial charge in [-0.25, -0.2) is 9.97 Å². The molecule has 0 bridgehead atoms. The van der Waals surface area contributed by atoms with Crippen LogP contribution in [0.2, 0.25) is 0 Å². The Labute approximate surface area is 107 Å². The first-order chi connectivity index (χ1) is 8.58. The molecule has 6 heteroatoms. The second kappa shape index (κ2) is 6.78. The maximum Gasteiger partial charge on any atom is 0.305 e. The molecule has 100 valence electrons. The number of aliphatic carboxylic acids is 1. The number of aromatic nitrogens is 2. The zero-order valence-electron chi connectivity index (χ0n) is 11.0. The molecule has 0 radical (unpaired) electrons. The molecular formula is C12H19N3O3. The van der Waals surface area contributed by atoms with Crippen LogP contribution in [0.15, 0.2) is 12.4 Å². The number of hydrogen-bond donors (Lipinski definition) is 1. The topological polar surface area (TPSA) is 75.5 Å². The zero-order chi connectivity index (χ0) is 13.5. The summed E-state index contributed by atoms with van der Waals surface area (Å²) < 4.78 is 5.31. The minimum Gasteiger partial charge on any atom is -0.481 e. The highest BCUT2D eigenvalue weighted by Crippen LogP contribution is 2.19. The van der Waals surface area contributed by atoms with Crippen molar-refractivity contribution >= 4 is 11.8 Å². The fourth-order valence-electron chi connectivity index (χ4n) is 1.78. The van der Waals surface area contributed by atoms with Crippen molar-refractivity contribution in [1.82, 2.24) is 9.97 Å². The van der Waals surface area contributed by atoms with E-state index >= 15 is 0 Å². The van der Waals surface area contributed by atoms with Crippen molar-refractivity contribution in [3.05, 3.63) is 12.4 Å². The van der Waals surface area contributed by atoms with Gasteiger partial charge in [0.15, 0.2) is 0 Å². The Morgan fingerprint density at radius 3 is 2.78 bits per heavy atom. The molecule has 1 unspecified atom stereocenters. The van der Waals surface area contributed by atoms with Crippen LogP contribution in [-0.2, 0) is 4.79 Å². The standard InChI is InChI=1S/C12H19N3O3/c1-4-15(9(3)6-12(16)17)10-7-11(18-5-2)14-8-13-10/h7-9H,4-6H2,1-3H3,(H,16,17). The van der Waals surface area contributed by atoms with Gasteiger partial charge >= 0.3 is 5.97 Å². The number of carboxylic acid groups (broad SMARTS) is 1. The van der Waals surface area contributed by atoms with E-state index in [9.17, 15) is 4.79 Å². The fourth-order valence-corrected chi connectivity index (χ4v) is 1.78. The second-order valence-electron chi connectivity index (χ2n) is 3.88. The minimum absolute atomic E-state index is 0.0712. The fraction of sp³-hybridized carbons (Fsp3) is 0.583. The quantitative estimate of drug-likeness (QED) is 0.794. The summed E-state index contributed by atoms with van der Waals surface area (Å²) in [5, 5.41) is 8.83. The molecule has 1 N–H and O–H groups in total. The van der Waals surface area contributed by atoms with Gasteiger partial charge in [0.05, 0.1) is 13.0 Å². The van der Waals surface area contributed by atoms with Crippen LogP contribution in [-0.4, -0.2) is 40.2 Å². The van der Waals surface area contributed by atoms with Crippen LogP contribution in [0, 0.1) is 0 Å².